The number of hydrogen-bond acceptors (Lipinski definition) is 2. The molecule has 1 aromatic rings. The molecule has 0 fully saturated rings. The molecule has 0 heterocycles. The number of rotatable bonds is 6. The Balaban J connectivity index is 2.81. The van der Waals surface area contributed by atoms with Gasteiger partial charge < -0.3 is 0 Å². The molecule has 5 heteroatoms. The predicted octanol–water partition coefficient (Wildman–Crippen LogP) is 2.08. The van der Waals surface area contributed by atoms with Crippen LogP contribution in [0.5, 0.6) is 0 Å². The first-order chi connectivity index (χ1) is 7.60. The van der Waals surface area contributed by atoms with Gasteiger partial charge in [0.2, 0.25) is 10.0 Å². The molecule has 0 radical (unpaired) electrons. The lowest BCUT2D eigenvalue weighted by Gasteiger charge is -2.20. The lowest BCUT2D eigenvalue weighted by Crippen LogP contribution is -2.33. The lowest BCUT2D eigenvalue weighted by molar-refractivity contribution is 0.426. The van der Waals surface area contributed by atoms with Gasteiger partial charge in [0.25, 0.3) is 0 Å². The van der Waals surface area contributed by atoms with E-state index in [9.17, 15) is 8.42 Å². The van der Waals surface area contributed by atoms with Crippen LogP contribution in [0, 0.1) is 0 Å². The Bertz CT molecular complexity index is 405. The van der Waals surface area contributed by atoms with Gasteiger partial charge in [-0.05, 0) is 12.5 Å². The van der Waals surface area contributed by atoms with E-state index in [2.05, 4.69) is 0 Å². The zero-order valence-corrected chi connectivity index (χ0v) is 10.8. The summed E-state index contributed by atoms with van der Waals surface area (Å²) in [5, 5.41) is 0. The number of sulfonamides is 1. The van der Waals surface area contributed by atoms with E-state index in [1.165, 1.54) is 4.31 Å². The van der Waals surface area contributed by atoms with Crippen molar-refractivity contribution in [1.29, 1.82) is 0 Å². The van der Waals surface area contributed by atoms with Crippen LogP contribution in [-0.2, 0) is 16.6 Å². The number of hydrogen-bond donors (Lipinski definition) is 0. The van der Waals surface area contributed by atoms with Crippen LogP contribution in [0.3, 0.4) is 0 Å². The van der Waals surface area contributed by atoms with Gasteiger partial charge in [0.15, 0.2) is 0 Å². The summed E-state index contributed by atoms with van der Waals surface area (Å²) in [7, 11) is -3.17. The van der Waals surface area contributed by atoms with Crippen molar-refractivity contribution >= 4 is 21.6 Å². The van der Waals surface area contributed by atoms with E-state index < -0.39 is 10.0 Å². The first-order valence-electron chi connectivity index (χ1n) is 5.18. The third kappa shape index (κ3) is 3.77. The predicted molar refractivity (Wildman–Crippen MR) is 67.0 cm³/mol. The highest BCUT2D eigenvalue weighted by Gasteiger charge is 2.19. The Morgan fingerprint density at radius 1 is 1.25 bits per heavy atom. The molecule has 1 rings (SSSR count). The van der Waals surface area contributed by atoms with Crippen molar-refractivity contribution in [2.75, 3.05) is 18.2 Å². The van der Waals surface area contributed by atoms with Crippen LogP contribution in [0.25, 0.3) is 0 Å². The molecule has 0 N–H and O–H groups in total. The molecule has 0 amide bonds. The zero-order valence-electron chi connectivity index (χ0n) is 9.27. The summed E-state index contributed by atoms with van der Waals surface area (Å²) < 4.78 is 24.9. The van der Waals surface area contributed by atoms with Crippen LogP contribution < -0.4 is 0 Å². The van der Waals surface area contributed by atoms with E-state index in [0.717, 1.165) is 5.56 Å². The highest BCUT2D eigenvalue weighted by Crippen LogP contribution is 2.09. The van der Waals surface area contributed by atoms with Gasteiger partial charge in [0.1, 0.15) is 0 Å². The first-order valence-corrected chi connectivity index (χ1v) is 7.32. The molecule has 3 nitrogen and oxygen atoms in total. The Hall–Kier alpha value is -0.580. The molecule has 16 heavy (non-hydrogen) atoms. The molecule has 0 unspecified atom stereocenters. The summed E-state index contributed by atoms with van der Waals surface area (Å²) in [4.78, 5) is 0. The Kier molecular flexibility index (Phi) is 5.25. The van der Waals surface area contributed by atoms with Crippen LogP contribution in [0.1, 0.15) is 12.5 Å². The molecular formula is C11H16ClNO2S. The second-order valence-corrected chi connectivity index (χ2v) is 6.04. The van der Waals surface area contributed by atoms with E-state index >= 15 is 0 Å². The quantitative estimate of drug-likeness (QED) is 0.736. The number of alkyl halides is 1. The fraction of sp³-hybridized carbons (Fsp3) is 0.455. The van der Waals surface area contributed by atoms with E-state index in [-0.39, 0.29) is 5.75 Å². The topological polar surface area (TPSA) is 37.4 Å². The van der Waals surface area contributed by atoms with E-state index in [4.69, 9.17) is 11.6 Å². The molecule has 0 spiro atoms. The van der Waals surface area contributed by atoms with E-state index in [0.29, 0.717) is 19.0 Å². The van der Waals surface area contributed by atoms with Gasteiger partial charge in [-0.25, -0.2) is 8.42 Å². The maximum absolute atomic E-state index is 11.8. The summed E-state index contributed by atoms with van der Waals surface area (Å²) in [6.45, 7) is 2.39. The Morgan fingerprint density at radius 3 is 2.38 bits per heavy atom. The molecule has 0 aromatic heterocycles. The van der Waals surface area contributed by atoms with Crippen LogP contribution in [0.15, 0.2) is 30.3 Å². The fourth-order valence-electron chi connectivity index (χ4n) is 1.38. The third-order valence-corrected chi connectivity index (χ3v) is 4.29. The van der Waals surface area contributed by atoms with E-state index in [1.807, 2.05) is 30.3 Å². The number of benzene rings is 1. The van der Waals surface area contributed by atoms with Crippen LogP contribution >= 0.6 is 11.6 Å². The van der Waals surface area contributed by atoms with Gasteiger partial charge in [-0.2, -0.15) is 4.31 Å². The second kappa shape index (κ2) is 6.23. The van der Waals surface area contributed by atoms with Gasteiger partial charge >= 0.3 is 0 Å². The monoisotopic (exact) mass is 261 g/mol. The molecule has 0 bridgehead atoms. The average Bonchev–Trinajstić information content (AvgIpc) is 2.30. The number of nitrogens with zero attached hydrogens (tertiary/aromatic N) is 1. The lowest BCUT2D eigenvalue weighted by atomic mass is 10.2. The first kappa shape index (κ1) is 13.5. The molecule has 0 aliphatic rings. The maximum atomic E-state index is 11.8. The summed E-state index contributed by atoms with van der Waals surface area (Å²) in [6, 6.07) is 9.52. The molecule has 0 saturated carbocycles. The zero-order chi connectivity index (χ0) is 12.0. The molecule has 0 aliphatic heterocycles. The SMILES string of the molecule is CCS(=O)(=O)N(CCCl)Cc1ccccc1. The van der Waals surface area contributed by atoms with Gasteiger partial charge in [-0.3, -0.25) is 0 Å². The number of halogens is 1. The molecule has 0 aliphatic carbocycles. The van der Waals surface area contributed by atoms with Crippen molar-refractivity contribution in [1.82, 2.24) is 4.31 Å². The summed E-state index contributed by atoms with van der Waals surface area (Å²) in [5.41, 5.74) is 0.977. The summed E-state index contributed by atoms with van der Waals surface area (Å²) in [5.74, 6) is 0.419. The molecule has 90 valence electrons. The minimum absolute atomic E-state index is 0.108. The van der Waals surface area contributed by atoms with Gasteiger partial charge in [0, 0.05) is 19.0 Å². The molecule has 0 saturated heterocycles. The summed E-state index contributed by atoms with van der Waals surface area (Å²) in [6.07, 6.45) is 0. The Morgan fingerprint density at radius 2 is 1.88 bits per heavy atom. The third-order valence-electron chi connectivity index (χ3n) is 2.29. The van der Waals surface area contributed by atoms with Crippen LogP contribution in [-0.4, -0.2) is 30.9 Å². The average molecular weight is 262 g/mol. The van der Waals surface area contributed by atoms with Crippen molar-refractivity contribution in [2.24, 2.45) is 0 Å². The van der Waals surface area contributed by atoms with Crippen LogP contribution in [0.4, 0.5) is 0 Å². The minimum Gasteiger partial charge on any atom is -0.212 e. The van der Waals surface area contributed by atoms with E-state index in [1.54, 1.807) is 6.92 Å². The normalized spacial score (nSPS) is 11.9. The highest BCUT2D eigenvalue weighted by molar-refractivity contribution is 7.89. The molecule has 1 aromatic carbocycles. The van der Waals surface area contributed by atoms with Gasteiger partial charge in [-0.1, -0.05) is 30.3 Å². The van der Waals surface area contributed by atoms with Gasteiger partial charge in [-0.15, -0.1) is 11.6 Å². The van der Waals surface area contributed by atoms with Crippen molar-refractivity contribution in [3.8, 4) is 0 Å². The van der Waals surface area contributed by atoms with Crippen molar-refractivity contribution < 1.29 is 8.42 Å². The minimum atomic E-state index is -3.17. The fourth-order valence-corrected chi connectivity index (χ4v) is 2.77. The largest absolute Gasteiger partial charge is 0.214 e. The van der Waals surface area contributed by atoms with Crippen molar-refractivity contribution in [3.63, 3.8) is 0 Å². The smallest absolute Gasteiger partial charge is 0.212 e. The van der Waals surface area contributed by atoms with Crippen LogP contribution in [0.2, 0.25) is 0 Å². The second-order valence-electron chi connectivity index (χ2n) is 3.41. The summed E-state index contributed by atoms with van der Waals surface area (Å²) >= 11 is 5.62. The standard InChI is InChI=1S/C11H16ClNO2S/c1-2-16(14,15)13(9-8-12)10-11-6-4-3-5-7-11/h3-7H,2,8-10H2,1H3. The highest BCUT2D eigenvalue weighted by atomic mass is 35.5. The van der Waals surface area contributed by atoms with Gasteiger partial charge in [0.05, 0.1) is 5.75 Å². The Labute approximate surface area is 102 Å². The van der Waals surface area contributed by atoms with Crippen molar-refractivity contribution in [2.45, 2.75) is 13.5 Å². The van der Waals surface area contributed by atoms with Crippen molar-refractivity contribution in [3.05, 3.63) is 35.9 Å². The molecular weight excluding hydrogens is 246 g/mol. The maximum Gasteiger partial charge on any atom is 0.214 e. The molecule has 0 atom stereocenters.